The molecule has 0 heterocycles. The Kier molecular flexibility index (Phi) is 4.00. The van der Waals surface area contributed by atoms with Crippen molar-refractivity contribution in [2.24, 2.45) is 0 Å². The van der Waals surface area contributed by atoms with Gasteiger partial charge in [-0.2, -0.15) is 0 Å². The fraction of sp³-hybridized carbons (Fsp3) is 0.200. The van der Waals surface area contributed by atoms with Gasteiger partial charge in [0.15, 0.2) is 0 Å². The zero-order chi connectivity index (χ0) is 13.1. The van der Waals surface area contributed by atoms with Crippen molar-refractivity contribution in [3.8, 4) is 0 Å². The molecule has 0 aliphatic rings. The summed E-state index contributed by atoms with van der Waals surface area (Å²) < 4.78 is 13.5. The number of halogens is 2. The number of aryl methyl sites for hydroxylation is 1. The second-order valence-electron chi connectivity index (χ2n) is 4.34. The number of aliphatic hydroxyl groups is 1. The van der Waals surface area contributed by atoms with Gasteiger partial charge in [-0.1, -0.05) is 41.9 Å². The van der Waals surface area contributed by atoms with E-state index >= 15 is 0 Å². The van der Waals surface area contributed by atoms with Gasteiger partial charge in [0.2, 0.25) is 0 Å². The molecule has 0 bridgehead atoms. The molecule has 0 aromatic heterocycles. The van der Waals surface area contributed by atoms with Crippen molar-refractivity contribution < 1.29 is 9.50 Å². The maximum Gasteiger partial charge on any atom is 0.129 e. The predicted molar refractivity (Wildman–Crippen MR) is 71.3 cm³/mol. The SMILES string of the molecule is Cc1ccc(CC(O)c2ccccc2F)c(Cl)c1. The van der Waals surface area contributed by atoms with Crippen LogP contribution in [0.4, 0.5) is 4.39 Å². The average Bonchev–Trinajstić information content (AvgIpc) is 2.33. The lowest BCUT2D eigenvalue weighted by molar-refractivity contribution is 0.173. The van der Waals surface area contributed by atoms with Gasteiger partial charge in [0.1, 0.15) is 5.82 Å². The van der Waals surface area contributed by atoms with Crippen LogP contribution in [0.25, 0.3) is 0 Å². The van der Waals surface area contributed by atoms with Gasteiger partial charge in [0.25, 0.3) is 0 Å². The molecular weight excluding hydrogens is 251 g/mol. The Morgan fingerprint density at radius 3 is 2.61 bits per heavy atom. The molecule has 0 fully saturated rings. The van der Waals surface area contributed by atoms with Crippen LogP contribution in [-0.4, -0.2) is 5.11 Å². The Labute approximate surface area is 111 Å². The van der Waals surface area contributed by atoms with Crippen molar-refractivity contribution in [1.82, 2.24) is 0 Å². The van der Waals surface area contributed by atoms with Crippen LogP contribution < -0.4 is 0 Å². The number of hydrogen-bond donors (Lipinski definition) is 1. The predicted octanol–water partition coefficient (Wildman–Crippen LogP) is 4.06. The molecule has 0 amide bonds. The fourth-order valence-corrected chi connectivity index (χ4v) is 2.19. The molecule has 18 heavy (non-hydrogen) atoms. The van der Waals surface area contributed by atoms with E-state index in [9.17, 15) is 9.50 Å². The standard InChI is InChI=1S/C15H14ClFO/c1-10-6-7-11(13(16)8-10)9-15(18)12-4-2-3-5-14(12)17/h2-8,15,18H,9H2,1H3. The van der Waals surface area contributed by atoms with Crippen molar-refractivity contribution in [1.29, 1.82) is 0 Å². The highest BCUT2D eigenvalue weighted by molar-refractivity contribution is 6.31. The van der Waals surface area contributed by atoms with Gasteiger partial charge in [-0.05, 0) is 30.2 Å². The molecule has 2 aromatic rings. The summed E-state index contributed by atoms with van der Waals surface area (Å²) in [6.45, 7) is 1.95. The molecule has 2 aromatic carbocycles. The fourth-order valence-electron chi connectivity index (χ4n) is 1.88. The van der Waals surface area contributed by atoms with E-state index in [2.05, 4.69) is 0 Å². The summed E-state index contributed by atoms with van der Waals surface area (Å²) in [5.41, 5.74) is 2.18. The summed E-state index contributed by atoms with van der Waals surface area (Å²) in [5.74, 6) is -0.395. The van der Waals surface area contributed by atoms with Crippen molar-refractivity contribution in [3.05, 3.63) is 70.0 Å². The number of benzene rings is 2. The van der Waals surface area contributed by atoms with Crippen molar-refractivity contribution in [2.45, 2.75) is 19.4 Å². The topological polar surface area (TPSA) is 20.2 Å². The number of hydrogen-bond acceptors (Lipinski definition) is 1. The van der Waals surface area contributed by atoms with E-state index in [-0.39, 0.29) is 0 Å². The lowest BCUT2D eigenvalue weighted by atomic mass is 10.0. The maximum atomic E-state index is 13.5. The van der Waals surface area contributed by atoms with Crippen molar-refractivity contribution >= 4 is 11.6 Å². The lowest BCUT2D eigenvalue weighted by Crippen LogP contribution is -2.04. The summed E-state index contributed by atoms with van der Waals surface area (Å²) >= 11 is 6.10. The molecule has 0 saturated carbocycles. The second-order valence-corrected chi connectivity index (χ2v) is 4.74. The normalized spacial score (nSPS) is 12.4. The first kappa shape index (κ1) is 13.1. The summed E-state index contributed by atoms with van der Waals surface area (Å²) in [5, 5.41) is 10.7. The molecule has 0 saturated heterocycles. The van der Waals surface area contributed by atoms with E-state index in [0.29, 0.717) is 17.0 Å². The van der Waals surface area contributed by atoms with E-state index in [0.717, 1.165) is 11.1 Å². The highest BCUT2D eigenvalue weighted by atomic mass is 35.5. The van der Waals surface area contributed by atoms with Gasteiger partial charge in [-0.15, -0.1) is 0 Å². The molecule has 0 aliphatic carbocycles. The van der Waals surface area contributed by atoms with Crippen LogP contribution in [0.5, 0.6) is 0 Å². The number of aliphatic hydroxyl groups excluding tert-OH is 1. The van der Waals surface area contributed by atoms with Crippen molar-refractivity contribution in [2.75, 3.05) is 0 Å². The minimum Gasteiger partial charge on any atom is -0.388 e. The van der Waals surface area contributed by atoms with Gasteiger partial charge in [-0.25, -0.2) is 4.39 Å². The lowest BCUT2D eigenvalue weighted by Gasteiger charge is -2.13. The molecule has 94 valence electrons. The Hall–Kier alpha value is -1.38. The third-order valence-corrected chi connectivity index (χ3v) is 3.24. The molecule has 0 aliphatic heterocycles. The number of rotatable bonds is 3. The first-order chi connectivity index (χ1) is 8.58. The third-order valence-electron chi connectivity index (χ3n) is 2.89. The molecule has 3 heteroatoms. The summed E-state index contributed by atoms with van der Waals surface area (Å²) in [6, 6.07) is 11.9. The van der Waals surface area contributed by atoms with E-state index in [4.69, 9.17) is 11.6 Å². The van der Waals surface area contributed by atoms with E-state index in [1.54, 1.807) is 18.2 Å². The zero-order valence-electron chi connectivity index (χ0n) is 10.0. The average molecular weight is 265 g/mol. The van der Waals surface area contributed by atoms with Crippen LogP contribution >= 0.6 is 11.6 Å². The van der Waals surface area contributed by atoms with Crippen LogP contribution in [0, 0.1) is 12.7 Å². The van der Waals surface area contributed by atoms with Crippen LogP contribution in [0.1, 0.15) is 22.8 Å². The van der Waals surface area contributed by atoms with Gasteiger partial charge in [0.05, 0.1) is 6.10 Å². The second kappa shape index (κ2) is 5.51. The molecule has 1 atom stereocenters. The Morgan fingerprint density at radius 2 is 1.94 bits per heavy atom. The summed E-state index contributed by atoms with van der Waals surface area (Å²) in [7, 11) is 0. The molecular formula is C15H14ClFO. The minimum absolute atomic E-state index is 0.300. The van der Waals surface area contributed by atoms with E-state index in [1.165, 1.54) is 6.07 Å². The van der Waals surface area contributed by atoms with Crippen molar-refractivity contribution in [3.63, 3.8) is 0 Å². The first-order valence-corrected chi connectivity index (χ1v) is 6.13. The van der Waals surface area contributed by atoms with E-state index in [1.807, 2.05) is 25.1 Å². The molecule has 1 N–H and O–H groups in total. The monoisotopic (exact) mass is 264 g/mol. The Bertz CT molecular complexity index is 554. The highest BCUT2D eigenvalue weighted by Crippen LogP contribution is 2.25. The Morgan fingerprint density at radius 1 is 1.22 bits per heavy atom. The summed E-state index contributed by atoms with van der Waals surface area (Å²) in [4.78, 5) is 0. The molecule has 0 spiro atoms. The third kappa shape index (κ3) is 2.89. The molecule has 1 nitrogen and oxygen atoms in total. The molecule has 0 radical (unpaired) electrons. The van der Waals surface area contributed by atoms with Crippen LogP contribution in [-0.2, 0) is 6.42 Å². The maximum absolute atomic E-state index is 13.5. The van der Waals surface area contributed by atoms with Gasteiger partial charge >= 0.3 is 0 Å². The largest absolute Gasteiger partial charge is 0.388 e. The van der Waals surface area contributed by atoms with Gasteiger partial charge in [0, 0.05) is 17.0 Å². The zero-order valence-corrected chi connectivity index (χ0v) is 10.8. The first-order valence-electron chi connectivity index (χ1n) is 5.75. The quantitative estimate of drug-likeness (QED) is 0.886. The molecule has 2 rings (SSSR count). The minimum atomic E-state index is -0.883. The summed E-state index contributed by atoms with van der Waals surface area (Å²) in [6.07, 6.45) is -0.577. The molecule has 1 unspecified atom stereocenters. The van der Waals surface area contributed by atoms with Gasteiger partial charge in [-0.3, -0.25) is 0 Å². The van der Waals surface area contributed by atoms with Crippen LogP contribution in [0.3, 0.4) is 0 Å². The Balaban J connectivity index is 2.21. The van der Waals surface area contributed by atoms with Crippen LogP contribution in [0.2, 0.25) is 5.02 Å². The van der Waals surface area contributed by atoms with Gasteiger partial charge < -0.3 is 5.11 Å². The van der Waals surface area contributed by atoms with E-state index < -0.39 is 11.9 Å². The smallest absolute Gasteiger partial charge is 0.129 e. The van der Waals surface area contributed by atoms with Crippen LogP contribution in [0.15, 0.2) is 42.5 Å². The highest BCUT2D eigenvalue weighted by Gasteiger charge is 2.14.